The summed E-state index contributed by atoms with van der Waals surface area (Å²) >= 11 is 0. The van der Waals surface area contributed by atoms with Crippen molar-refractivity contribution in [1.82, 2.24) is 5.32 Å². The van der Waals surface area contributed by atoms with E-state index in [9.17, 15) is 4.79 Å². The van der Waals surface area contributed by atoms with Crippen molar-refractivity contribution in [3.05, 3.63) is 29.3 Å². The van der Waals surface area contributed by atoms with Crippen LogP contribution in [0, 0.1) is 18.3 Å². The molecule has 21 heavy (non-hydrogen) atoms. The zero-order chi connectivity index (χ0) is 15.1. The lowest BCUT2D eigenvalue weighted by Crippen LogP contribution is -2.33. The summed E-state index contributed by atoms with van der Waals surface area (Å²) in [7, 11) is 0. The molecule has 0 bridgehead atoms. The van der Waals surface area contributed by atoms with Crippen molar-refractivity contribution in [3.8, 4) is 6.07 Å². The van der Waals surface area contributed by atoms with Gasteiger partial charge in [-0.2, -0.15) is 5.26 Å². The van der Waals surface area contributed by atoms with Gasteiger partial charge < -0.3 is 15.4 Å². The van der Waals surface area contributed by atoms with Crippen LogP contribution < -0.4 is 10.6 Å². The maximum absolute atomic E-state index is 11.9. The van der Waals surface area contributed by atoms with Crippen LogP contribution in [0.5, 0.6) is 0 Å². The van der Waals surface area contributed by atoms with Crippen molar-refractivity contribution in [2.75, 3.05) is 25.0 Å². The SMILES string of the molecule is Cc1ccc(C#N)cc1NC(=O)CCOC1CCNCC1. The van der Waals surface area contributed by atoms with Gasteiger partial charge in [-0.3, -0.25) is 4.79 Å². The molecule has 0 unspecified atom stereocenters. The van der Waals surface area contributed by atoms with E-state index in [0.29, 0.717) is 24.3 Å². The van der Waals surface area contributed by atoms with Gasteiger partial charge in [0, 0.05) is 5.69 Å². The normalized spacial score (nSPS) is 15.4. The summed E-state index contributed by atoms with van der Waals surface area (Å²) in [5, 5.41) is 15.0. The number of amides is 1. The van der Waals surface area contributed by atoms with Crippen LogP contribution in [0.3, 0.4) is 0 Å². The molecule has 2 N–H and O–H groups in total. The first-order valence-corrected chi connectivity index (χ1v) is 7.32. The molecule has 0 saturated carbocycles. The number of carbonyl (C=O) groups excluding carboxylic acids is 1. The van der Waals surface area contributed by atoms with Crippen LogP contribution in [0.15, 0.2) is 18.2 Å². The van der Waals surface area contributed by atoms with Crippen LogP contribution in [0.25, 0.3) is 0 Å². The topological polar surface area (TPSA) is 74.2 Å². The molecule has 1 aromatic carbocycles. The number of hydrogen-bond acceptors (Lipinski definition) is 4. The van der Waals surface area contributed by atoms with Gasteiger partial charge in [0.1, 0.15) is 0 Å². The predicted molar refractivity (Wildman–Crippen MR) is 81.0 cm³/mol. The second-order valence-electron chi connectivity index (χ2n) is 5.26. The summed E-state index contributed by atoms with van der Waals surface area (Å²) in [5.41, 5.74) is 2.18. The minimum atomic E-state index is -0.0814. The van der Waals surface area contributed by atoms with E-state index < -0.39 is 0 Å². The first-order chi connectivity index (χ1) is 10.2. The molecule has 1 amide bonds. The van der Waals surface area contributed by atoms with E-state index >= 15 is 0 Å². The smallest absolute Gasteiger partial charge is 0.226 e. The van der Waals surface area contributed by atoms with Crippen LogP contribution in [0.1, 0.15) is 30.4 Å². The van der Waals surface area contributed by atoms with Gasteiger partial charge in [0.15, 0.2) is 0 Å². The molecule has 5 nitrogen and oxygen atoms in total. The average molecular weight is 287 g/mol. The molecule has 112 valence electrons. The molecule has 0 spiro atoms. The summed E-state index contributed by atoms with van der Waals surface area (Å²) in [6, 6.07) is 7.34. The van der Waals surface area contributed by atoms with Gasteiger partial charge in [-0.1, -0.05) is 6.07 Å². The molecule has 0 atom stereocenters. The summed E-state index contributed by atoms with van der Waals surface area (Å²) in [6.07, 6.45) is 2.61. The molecule has 0 radical (unpaired) electrons. The third kappa shape index (κ3) is 4.85. The number of carbonyl (C=O) groups is 1. The van der Waals surface area contributed by atoms with Crippen LogP contribution >= 0.6 is 0 Å². The van der Waals surface area contributed by atoms with Crippen LogP contribution in [0.2, 0.25) is 0 Å². The van der Waals surface area contributed by atoms with E-state index in [1.54, 1.807) is 12.1 Å². The summed E-state index contributed by atoms with van der Waals surface area (Å²) < 4.78 is 5.71. The highest BCUT2D eigenvalue weighted by atomic mass is 16.5. The minimum Gasteiger partial charge on any atom is -0.378 e. The lowest BCUT2D eigenvalue weighted by molar-refractivity contribution is -0.117. The third-order valence-electron chi connectivity index (χ3n) is 3.61. The van der Waals surface area contributed by atoms with E-state index in [0.717, 1.165) is 31.5 Å². The van der Waals surface area contributed by atoms with Crippen molar-refractivity contribution >= 4 is 11.6 Å². The second-order valence-corrected chi connectivity index (χ2v) is 5.26. The summed E-state index contributed by atoms with van der Waals surface area (Å²) in [6.45, 7) is 4.31. The number of benzene rings is 1. The number of nitrogens with zero attached hydrogens (tertiary/aromatic N) is 1. The largest absolute Gasteiger partial charge is 0.378 e. The molecule has 1 aliphatic heterocycles. The molecular formula is C16H21N3O2. The molecule has 1 saturated heterocycles. The lowest BCUT2D eigenvalue weighted by Gasteiger charge is -2.22. The average Bonchev–Trinajstić information content (AvgIpc) is 2.50. The van der Waals surface area contributed by atoms with Crippen LogP contribution in [0.4, 0.5) is 5.69 Å². The number of aryl methyl sites for hydroxylation is 1. The Hall–Kier alpha value is -1.90. The molecule has 0 aromatic heterocycles. The Morgan fingerprint density at radius 1 is 1.48 bits per heavy atom. The van der Waals surface area contributed by atoms with E-state index in [1.807, 2.05) is 13.0 Å². The number of hydrogen-bond donors (Lipinski definition) is 2. The predicted octanol–water partition coefficient (Wildman–Crippen LogP) is 1.96. The Balaban J connectivity index is 1.77. The highest BCUT2D eigenvalue weighted by molar-refractivity contribution is 5.91. The van der Waals surface area contributed by atoms with E-state index in [-0.39, 0.29) is 12.0 Å². The van der Waals surface area contributed by atoms with E-state index in [4.69, 9.17) is 10.00 Å². The Morgan fingerprint density at radius 2 is 2.24 bits per heavy atom. The molecule has 1 aromatic rings. The first kappa shape index (κ1) is 15.5. The number of anilines is 1. The second kappa shape index (κ2) is 7.77. The van der Waals surface area contributed by atoms with E-state index in [2.05, 4.69) is 16.7 Å². The van der Waals surface area contributed by atoms with Crippen molar-refractivity contribution in [2.24, 2.45) is 0 Å². The van der Waals surface area contributed by atoms with Gasteiger partial charge >= 0.3 is 0 Å². The van der Waals surface area contributed by atoms with Gasteiger partial charge in [0.25, 0.3) is 0 Å². The fourth-order valence-electron chi connectivity index (χ4n) is 2.32. The number of piperidine rings is 1. The minimum absolute atomic E-state index is 0.0814. The molecule has 1 aliphatic rings. The molecule has 2 rings (SSSR count). The molecule has 1 fully saturated rings. The Labute approximate surface area is 125 Å². The van der Waals surface area contributed by atoms with Crippen molar-refractivity contribution in [3.63, 3.8) is 0 Å². The number of nitrogens with one attached hydrogen (secondary N) is 2. The molecule has 1 heterocycles. The van der Waals surface area contributed by atoms with Gasteiger partial charge in [-0.05, 0) is 50.6 Å². The standard InChI is InChI=1S/C16H21N3O2/c1-12-2-3-13(11-17)10-15(12)19-16(20)6-9-21-14-4-7-18-8-5-14/h2-3,10,14,18H,4-9H2,1H3,(H,19,20). The quantitative estimate of drug-likeness (QED) is 0.868. The van der Waals surface area contributed by atoms with Crippen molar-refractivity contribution in [2.45, 2.75) is 32.3 Å². The third-order valence-corrected chi connectivity index (χ3v) is 3.61. The zero-order valence-corrected chi connectivity index (χ0v) is 12.3. The van der Waals surface area contributed by atoms with Crippen LogP contribution in [-0.4, -0.2) is 31.7 Å². The van der Waals surface area contributed by atoms with Gasteiger partial charge in [-0.25, -0.2) is 0 Å². The number of nitriles is 1. The van der Waals surface area contributed by atoms with Crippen LogP contribution in [-0.2, 0) is 9.53 Å². The maximum Gasteiger partial charge on any atom is 0.226 e. The van der Waals surface area contributed by atoms with Gasteiger partial charge in [-0.15, -0.1) is 0 Å². The van der Waals surface area contributed by atoms with E-state index in [1.165, 1.54) is 0 Å². The summed E-state index contributed by atoms with van der Waals surface area (Å²) in [5.74, 6) is -0.0814. The lowest BCUT2D eigenvalue weighted by atomic mass is 10.1. The Bertz CT molecular complexity index is 531. The monoisotopic (exact) mass is 287 g/mol. The van der Waals surface area contributed by atoms with Gasteiger partial charge in [0.05, 0.1) is 30.8 Å². The first-order valence-electron chi connectivity index (χ1n) is 7.32. The highest BCUT2D eigenvalue weighted by Gasteiger charge is 2.14. The molecule has 0 aliphatic carbocycles. The highest BCUT2D eigenvalue weighted by Crippen LogP contribution is 2.16. The fraction of sp³-hybridized carbons (Fsp3) is 0.500. The Morgan fingerprint density at radius 3 is 2.95 bits per heavy atom. The van der Waals surface area contributed by atoms with Gasteiger partial charge in [0.2, 0.25) is 5.91 Å². The fourth-order valence-corrected chi connectivity index (χ4v) is 2.32. The number of rotatable bonds is 5. The number of ether oxygens (including phenoxy) is 1. The molecular weight excluding hydrogens is 266 g/mol. The molecule has 5 heteroatoms. The maximum atomic E-state index is 11.9. The van der Waals surface area contributed by atoms with Crippen molar-refractivity contribution in [1.29, 1.82) is 5.26 Å². The van der Waals surface area contributed by atoms with Crippen molar-refractivity contribution < 1.29 is 9.53 Å². The zero-order valence-electron chi connectivity index (χ0n) is 12.3. The Kier molecular flexibility index (Phi) is 5.73. The summed E-state index contributed by atoms with van der Waals surface area (Å²) in [4.78, 5) is 11.9.